The van der Waals surface area contributed by atoms with Gasteiger partial charge in [0.25, 0.3) is 0 Å². The topological polar surface area (TPSA) is 40.5 Å². The Labute approximate surface area is 115 Å². The fraction of sp³-hybridized carbons (Fsp3) is 0.562. The summed E-state index contributed by atoms with van der Waals surface area (Å²) < 4.78 is 0. The molecule has 0 bridgehead atoms. The quantitative estimate of drug-likeness (QED) is 0.797. The molecule has 1 N–H and O–H groups in total. The van der Waals surface area contributed by atoms with Crippen molar-refractivity contribution in [1.82, 2.24) is 4.90 Å². The second-order valence-electron chi connectivity index (χ2n) is 5.55. The molecule has 3 heteroatoms. The lowest BCUT2D eigenvalue weighted by molar-refractivity contribution is 0.0881. The van der Waals surface area contributed by atoms with E-state index in [2.05, 4.69) is 12.1 Å². The van der Waals surface area contributed by atoms with Gasteiger partial charge in [-0.25, -0.2) is 0 Å². The maximum absolute atomic E-state index is 12.3. The lowest BCUT2D eigenvalue weighted by atomic mass is 10.0. The Morgan fingerprint density at radius 3 is 2.74 bits per heavy atom. The van der Waals surface area contributed by atoms with Crippen molar-refractivity contribution in [3.63, 3.8) is 0 Å². The molecule has 0 heterocycles. The molecule has 0 saturated heterocycles. The normalized spacial score (nSPS) is 14.2. The molecule has 0 amide bonds. The van der Waals surface area contributed by atoms with Gasteiger partial charge < -0.3 is 5.11 Å². The molecular weight excluding hydrogens is 238 g/mol. The number of aliphatic hydroxyl groups excluding tert-OH is 1. The zero-order valence-corrected chi connectivity index (χ0v) is 11.9. The van der Waals surface area contributed by atoms with Crippen LogP contribution in [0.25, 0.3) is 0 Å². The standard InChI is InChI=1S/C16H23NO2/c1-12(2)17(8-9-18)11-16(19)15-7-6-13-4-3-5-14(13)10-15/h6-7,10,12,18H,3-5,8-9,11H2,1-2H3. The number of ketones is 1. The Bertz CT molecular complexity index is 454. The Morgan fingerprint density at radius 2 is 2.05 bits per heavy atom. The van der Waals surface area contributed by atoms with Gasteiger partial charge in [-0.3, -0.25) is 9.69 Å². The first-order valence-corrected chi connectivity index (χ1v) is 7.11. The van der Waals surface area contributed by atoms with E-state index >= 15 is 0 Å². The molecule has 19 heavy (non-hydrogen) atoms. The van der Waals surface area contributed by atoms with Gasteiger partial charge in [-0.05, 0) is 50.3 Å². The number of benzene rings is 1. The summed E-state index contributed by atoms with van der Waals surface area (Å²) in [5, 5.41) is 9.04. The number of hydrogen-bond donors (Lipinski definition) is 1. The van der Waals surface area contributed by atoms with Gasteiger partial charge in [0.1, 0.15) is 0 Å². The van der Waals surface area contributed by atoms with Gasteiger partial charge in [0, 0.05) is 18.2 Å². The minimum atomic E-state index is 0.0929. The minimum absolute atomic E-state index is 0.0929. The van der Waals surface area contributed by atoms with Crippen molar-refractivity contribution in [3.05, 3.63) is 34.9 Å². The van der Waals surface area contributed by atoms with Gasteiger partial charge in [0.15, 0.2) is 5.78 Å². The van der Waals surface area contributed by atoms with E-state index in [-0.39, 0.29) is 18.4 Å². The van der Waals surface area contributed by atoms with Crippen molar-refractivity contribution in [2.45, 2.75) is 39.2 Å². The van der Waals surface area contributed by atoms with Crippen molar-refractivity contribution >= 4 is 5.78 Å². The molecule has 1 aliphatic rings. The predicted octanol–water partition coefficient (Wildman–Crippen LogP) is 2.06. The van der Waals surface area contributed by atoms with Crippen molar-refractivity contribution in [2.24, 2.45) is 0 Å². The SMILES string of the molecule is CC(C)N(CCO)CC(=O)c1ccc2c(c1)CCC2. The van der Waals surface area contributed by atoms with Gasteiger partial charge in [-0.15, -0.1) is 0 Å². The summed E-state index contributed by atoms with van der Waals surface area (Å²) >= 11 is 0. The van der Waals surface area contributed by atoms with E-state index in [1.54, 1.807) is 0 Å². The van der Waals surface area contributed by atoms with Crippen LogP contribution in [0.5, 0.6) is 0 Å². The molecular formula is C16H23NO2. The van der Waals surface area contributed by atoms with Crippen LogP contribution in [0.2, 0.25) is 0 Å². The second kappa shape index (κ2) is 6.31. The number of carbonyl (C=O) groups is 1. The summed E-state index contributed by atoms with van der Waals surface area (Å²) in [6, 6.07) is 6.37. The Balaban J connectivity index is 2.07. The maximum atomic E-state index is 12.3. The van der Waals surface area contributed by atoms with Crippen LogP contribution in [-0.2, 0) is 12.8 Å². The summed E-state index contributed by atoms with van der Waals surface area (Å²) in [7, 11) is 0. The molecule has 0 fully saturated rings. The number of hydrogen-bond acceptors (Lipinski definition) is 3. The average molecular weight is 261 g/mol. The Hall–Kier alpha value is -1.19. The summed E-state index contributed by atoms with van der Waals surface area (Å²) in [5.41, 5.74) is 3.54. The van der Waals surface area contributed by atoms with Crippen molar-refractivity contribution < 1.29 is 9.90 Å². The zero-order valence-electron chi connectivity index (χ0n) is 11.9. The largest absolute Gasteiger partial charge is 0.395 e. The van der Waals surface area contributed by atoms with Crippen LogP contribution in [0, 0.1) is 0 Å². The van der Waals surface area contributed by atoms with Gasteiger partial charge in [-0.2, -0.15) is 0 Å². The highest BCUT2D eigenvalue weighted by atomic mass is 16.3. The smallest absolute Gasteiger partial charge is 0.176 e. The first-order valence-electron chi connectivity index (χ1n) is 7.11. The van der Waals surface area contributed by atoms with Gasteiger partial charge in [0.05, 0.1) is 13.2 Å². The summed E-state index contributed by atoms with van der Waals surface area (Å²) in [5.74, 6) is 0.150. The Kier molecular flexibility index (Phi) is 4.72. The third-order valence-electron chi connectivity index (χ3n) is 3.88. The van der Waals surface area contributed by atoms with Crippen molar-refractivity contribution in [2.75, 3.05) is 19.7 Å². The highest BCUT2D eigenvalue weighted by Gasteiger charge is 2.17. The zero-order chi connectivity index (χ0) is 13.8. The van der Waals surface area contributed by atoms with Gasteiger partial charge in [-0.1, -0.05) is 12.1 Å². The van der Waals surface area contributed by atoms with Crippen LogP contribution >= 0.6 is 0 Å². The second-order valence-corrected chi connectivity index (χ2v) is 5.55. The van der Waals surface area contributed by atoms with E-state index in [0.29, 0.717) is 13.1 Å². The molecule has 0 unspecified atom stereocenters. The van der Waals surface area contributed by atoms with Crippen molar-refractivity contribution in [3.8, 4) is 0 Å². The number of aliphatic hydroxyl groups is 1. The van der Waals surface area contributed by atoms with E-state index in [1.807, 2.05) is 24.8 Å². The van der Waals surface area contributed by atoms with Crippen LogP contribution in [0.15, 0.2) is 18.2 Å². The maximum Gasteiger partial charge on any atom is 0.176 e. The number of nitrogens with zero attached hydrogens (tertiary/aromatic N) is 1. The number of carbonyl (C=O) groups excluding carboxylic acids is 1. The van der Waals surface area contributed by atoms with Crippen LogP contribution in [0.1, 0.15) is 41.8 Å². The third-order valence-corrected chi connectivity index (χ3v) is 3.88. The van der Waals surface area contributed by atoms with E-state index < -0.39 is 0 Å². The minimum Gasteiger partial charge on any atom is -0.395 e. The molecule has 2 rings (SSSR count). The van der Waals surface area contributed by atoms with Crippen LogP contribution in [-0.4, -0.2) is 41.5 Å². The molecule has 3 nitrogen and oxygen atoms in total. The third kappa shape index (κ3) is 3.43. The number of Topliss-reactive ketones (excluding diaryl/α,β-unsaturated/α-hetero) is 1. The van der Waals surface area contributed by atoms with Crippen LogP contribution in [0.3, 0.4) is 0 Å². The van der Waals surface area contributed by atoms with E-state index in [4.69, 9.17) is 5.11 Å². The molecule has 0 atom stereocenters. The lowest BCUT2D eigenvalue weighted by Crippen LogP contribution is -2.37. The molecule has 0 radical (unpaired) electrons. The monoisotopic (exact) mass is 261 g/mol. The van der Waals surface area contributed by atoms with Crippen LogP contribution < -0.4 is 0 Å². The molecule has 0 spiro atoms. The number of rotatable bonds is 6. The summed E-state index contributed by atoms with van der Waals surface area (Å²) in [4.78, 5) is 14.3. The average Bonchev–Trinajstić information content (AvgIpc) is 2.85. The molecule has 104 valence electrons. The Morgan fingerprint density at radius 1 is 1.32 bits per heavy atom. The van der Waals surface area contributed by atoms with E-state index in [1.165, 1.54) is 17.5 Å². The molecule has 0 saturated carbocycles. The van der Waals surface area contributed by atoms with Gasteiger partial charge in [0.2, 0.25) is 0 Å². The molecule has 1 aromatic carbocycles. The van der Waals surface area contributed by atoms with E-state index in [9.17, 15) is 4.79 Å². The molecule has 0 aromatic heterocycles. The summed E-state index contributed by atoms with van der Waals surface area (Å²) in [6.07, 6.45) is 3.45. The summed E-state index contributed by atoms with van der Waals surface area (Å²) in [6.45, 7) is 5.12. The highest BCUT2D eigenvalue weighted by molar-refractivity contribution is 5.97. The highest BCUT2D eigenvalue weighted by Crippen LogP contribution is 2.23. The predicted molar refractivity (Wildman–Crippen MR) is 76.6 cm³/mol. The molecule has 1 aromatic rings. The lowest BCUT2D eigenvalue weighted by Gasteiger charge is -2.24. The van der Waals surface area contributed by atoms with Gasteiger partial charge >= 0.3 is 0 Å². The first-order chi connectivity index (χ1) is 9.11. The van der Waals surface area contributed by atoms with Crippen LogP contribution in [0.4, 0.5) is 0 Å². The van der Waals surface area contributed by atoms with Crippen molar-refractivity contribution in [1.29, 1.82) is 0 Å². The first kappa shape index (κ1) is 14.2. The number of aryl methyl sites for hydroxylation is 2. The molecule has 1 aliphatic carbocycles. The number of fused-ring (bicyclic) bond motifs is 1. The fourth-order valence-corrected chi connectivity index (χ4v) is 2.67. The molecule has 0 aliphatic heterocycles. The fourth-order valence-electron chi connectivity index (χ4n) is 2.67. The van der Waals surface area contributed by atoms with E-state index in [0.717, 1.165) is 18.4 Å².